The van der Waals surface area contributed by atoms with E-state index in [9.17, 15) is 53.5 Å². The Kier molecular flexibility index (Phi) is 10.0. The molecule has 0 saturated carbocycles. The minimum atomic E-state index is -5.29. The average Bonchev–Trinajstić information content (AvgIpc) is 2.79. The van der Waals surface area contributed by atoms with Gasteiger partial charge in [0.15, 0.2) is 0 Å². The predicted molar refractivity (Wildman–Crippen MR) is 123 cm³/mol. The Morgan fingerprint density at radius 1 is 0.868 bits per heavy atom. The number of benzene rings is 2. The molecule has 1 unspecified atom stereocenters. The number of nitrogens with one attached hydrogen (secondary N) is 2. The molecule has 1 atom stereocenters. The SMILES string of the molecule is O=C(CNC(=O)c1ccc(C(F)=CC(c2ccc(Br)c(Br)c2)C(F)(F)F)cc1C(F)(F)F)NCC(F)(F)F. The van der Waals surface area contributed by atoms with Gasteiger partial charge in [-0.25, -0.2) is 4.39 Å². The summed E-state index contributed by atoms with van der Waals surface area (Å²) in [5.74, 6) is -7.11. The summed E-state index contributed by atoms with van der Waals surface area (Å²) in [7, 11) is 0. The van der Waals surface area contributed by atoms with Crippen molar-refractivity contribution in [2.45, 2.75) is 24.4 Å². The molecule has 0 radical (unpaired) electrons. The Hall–Kier alpha value is -2.62. The van der Waals surface area contributed by atoms with Crippen LogP contribution in [-0.4, -0.2) is 37.3 Å². The first kappa shape index (κ1) is 31.6. The molecule has 0 saturated heterocycles. The molecule has 2 N–H and O–H groups in total. The van der Waals surface area contributed by atoms with E-state index >= 15 is 0 Å². The number of amides is 2. The maximum atomic E-state index is 14.8. The molecule has 2 aromatic rings. The van der Waals surface area contributed by atoms with Crippen molar-refractivity contribution < 1.29 is 53.5 Å². The van der Waals surface area contributed by atoms with E-state index in [1.165, 1.54) is 11.4 Å². The summed E-state index contributed by atoms with van der Waals surface area (Å²) in [6.07, 6.45) is -15.0. The fraction of sp³-hybridized carbons (Fsp3) is 0.273. The maximum absolute atomic E-state index is 14.8. The van der Waals surface area contributed by atoms with Gasteiger partial charge < -0.3 is 10.6 Å². The van der Waals surface area contributed by atoms with Crippen LogP contribution in [0, 0.1) is 0 Å². The van der Waals surface area contributed by atoms with E-state index in [1.54, 1.807) is 5.32 Å². The molecule has 2 amide bonds. The number of hydrogen-bond donors (Lipinski definition) is 2. The Morgan fingerprint density at radius 2 is 1.50 bits per heavy atom. The molecular weight excluding hydrogens is 674 g/mol. The molecule has 2 rings (SSSR count). The molecule has 0 heterocycles. The van der Waals surface area contributed by atoms with Crippen molar-refractivity contribution in [2.24, 2.45) is 0 Å². The van der Waals surface area contributed by atoms with Crippen LogP contribution in [0.2, 0.25) is 0 Å². The third-order valence-electron chi connectivity index (χ3n) is 4.71. The number of alkyl halides is 9. The van der Waals surface area contributed by atoms with Gasteiger partial charge >= 0.3 is 18.5 Å². The van der Waals surface area contributed by atoms with Gasteiger partial charge in [-0.3, -0.25) is 9.59 Å². The lowest BCUT2D eigenvalue weighted by atomic mass is 9.95. The highest BCUT2D eigenvalue weighted by atomic mass is 79.9. The van der Waals surface area contributed by atoms with E-state index in [0.29, 0.717) is 16.6 Å². The smallest absolute Gasteiger partial charge is 0.345 e. The van der Waals surface area contributed by atoms with E-state index in [2.05, 4.69) is 31.9 Å². The van der Waals surface area contributed by atoms with Crippen LogP contribution in [-0.2, 0) is 11.0 Å². The number of allylic oxidation sites excluding steroid dienone is 1. The summed E-state index contributed by atoms with van der Waals surface area (Å²) in [5.41, 5.74) is -4.23. The zero-order valence-corrected chi connectivity index (χ0v) is 21.6. The summed E-state index contributed by atoms with van der Waals surface area (Å²) in [5, 5.41) is 3.09. The molecule has 0 aliphatic heterocycles. The van der Waals surface area contributed by atoms with Gasteiger partial charge in [-0.2, -0.15) is 39.5 Å². The van der Waals surface area contributed by atoms with Gasteiger partial charge in [0, 0.05) is 14.5 Å². The van der Waals surface area contributed by atoms with Gasteiger partial charge in [0.1, 0.15) is 18.3 Å². The van der Waals surface area contributed by atoms with Crippen molar-refractivity contribution in [1.29, 1.82) is 0 Å². The van der Waals surface area contributed by atoms with Crippen LogP contribution in [0.15, 0.2) is 51.4 Å². The standard InChI is InChI=1S/C22H14Br2F10N2O2/c23-15-4-2-10(6-16(15)24)13(21(29,30)31)7-17(25)11-1-3-12(14(5-11)22(32,33)34)19(38)35-8-18(37)36-9-20(26,27)28/h1-7,13H,8-9H2,(H,35,38)(H,36,37). The summed E-state index contributed by atoms with van der Waals surface area (Å²) in [6, 6.07) is 4.53. The first-order valence-electron chi connectivity index (χ1n) is 10.0. The van der Waals surface area contributed by atoms with Crippen LogP contribution in [0.4, 0.5) is 43.9 Å². The first-order valence-corrected chi connectivity index (χ1v) is 11.6. The molecule has 208 valence electrons. The minimum Gasteiger partial charge on any atom is -0.345 e. The van der Waals surface area contributed by atoms with Gasteiger partial charge in [0.05, 0.1) is 17.7 Å². The minimum absolute atomic E-state index is 0.0793. The van der Waals surface area contributed by atoms with E-state index in [0.717, 1.165) is 12.1 Å². The van der Waals surface area contributed by atoms with E-state index in [4.69, 9.17) is 0 Å². The molecule has 0 aromatic heterocycles. The van der Waals surface area contributed by atoms with Gasteiger partial charge in [0.2, 0.25) is 5.91 Å². The van der Waals surface area contributed by atoms with Crippen LogP contribution in [0.5, 0.6) is 0 Å². The zero-order chi connectivity index (χ0) is 29.1. The van der Waals surface area contributed by atoms with Gasteiger partial charge in [-0.05, 0) is 67.8 Å². The number of carbonyl (C=O) groups is 2. The van der Waals surface area contributed by atoms with Crippen LogP contribution < -0.4 is 10.6 Å². The molecule has 0 aliphatic carbocycles. The highest BCUT2D eigenvalue weighted by molar-refractivity contribution is 9.13. The number of rotatable bonds is 7. The second kappa shape index (κ2) is 12.1. The Bertz CT molecular complexity index is 1220. The Balaban J connectivity index is 2.38. The van der Waals surface area contributed by atoms with E-state index < -0.39 is 77.4 Å². The lowest BCUT2D eigenvalue weighted by Gasteiger charge is -2.19. The first-order chi connectivity index (χ1) is 17.3. The predicted octanol–water partition coefficient (Wildman–Crippen LogP) is 7.30. The molecule has 38 heavy (non-hydrogen) atoms. The molecule has 0 bridgehead atoms. The van der Waals surface area contributed by atoms with Crippen LogP contribution in [0.25, 0.3) is 5.83 Å². The van der Waals surface area contributed by atoms with Crippen molar-refractivity contribution in [1.82, 2.24) is 10.6 Å². The molecule has 4 nitrogen and oxygen atoms in total. The third kappa shape index (κ3) is 8.99. The van der Waals surface area contributed by atoms with Crippen molar-refractivity contribution in [3.8, 4) is 0 Å². The van der Waals surface area contributed by atoms with Crippen molar-refractivity contribution in [2.75, 3.05) is 13.1 Å². The van der Waals surface area contributed by atoms with E-state index in [1.807, 2.05) is 0 Å². The van der Waals surface area contributed by atoms with Crippen LogP contribution in [0.1, 0.15) is 33.0 Å². The largest absolute Gasteiger partial charge is 0.417 e. The van der Waals surface area contributed by atoms with Gasteiger partial charge in [-0.15, -0.1) is 0 Å². The quantitative estimate of drug-likeness (QED) is 0.301. The number of halogens is 12. The fourth-order valence-electron chi connectivity index (χ4n) is 2.97. The highest BCUT2D eigenvalue weighted by Crippen LogP contribution is 2.41. The normalized spacial score (nSPS) is 13.7. The summed E-state index contributed by atoms with van der Waals surface area (Å²) < 4.78 is 134. The lowest BCUT2D eigenvalue weighted by Crippen LogP contribution is -2.41. The molecule has 0 spiro atoms. The molecule has 2 aromatic carbocycles. The van der Waals surface area contributed by atoms with Crippen LogP contribution >= 0.6 is 31.9 Å². The van der Waals surface area contributed by atoms with Crippen molar-refractivity contribution >= 4 is 49.5 Å². The highest BCUT2D eigenvalue weighted by Gasteiger charge is 2.40. The molecule has 0 aliphatic rings. The average molecular weight is 688 g/mol. The second-order valence-electron chi connectivity index (χ2n) is 7.54. The topological polar surface area (TPSA) is 58.2 Å². The summed E-state index contributed by atoms with van der Waals surface area (Å²) >= 11 is 6.09. The fourth-order valence-corrected chi connectivity index (χ4v) is 3.61. The lowest BCUT2D eigenvalue weighted by molar-refractivity contribution is -0.140. The molecular formula is C22H14Br2F10N2O2. The van der Waals surface area contributed by atoms with Crippen molar-refractivity contribution in [3.63, 3.8) is 0 Å². The van der Waals surface area contributed by atoms with Gasteiger partial charge in [-0.1, -0.05) is 12.1 Å². The van der Waals surface area contributed by atoms with Gasteiger partial charge in [0.25, 0.3) is 5.91 Å². The second-order valence-corrected chi connectivity index (χ2v) is 9.25. The monoisotopic (exact) mass is 686 g/mol. The zero-order valence-electron chi connectivity index (χ0n) is 18.4. The molecule has 16 heteroatoms. The number of carbonyl (C=O) groups excluding carboxylic acids is 2. The summed E-state index contributed by atoms with van der Waals surface area (Å²) in [4.78, 5) is 23.6. The third-order valence-corrected chi connectivity index (χ3v) is 6.59. The van der Waals surface area contributed by atoms with Crippen molar-refractivity contribution in [3.05, 3.63) is 73.7 Å². The van der Waals surface area contributed by atoms with E-state index in [-0.39, 0.29) is 16.6 Å². The summed E-state index contributed by atoms with van der Waals surface area (Å²) in [6.45, 7) is -2.86. The number of hydrogen-bond acceptors (Lipinski definition) is 2. The Morgan fingerprint density at radius 3 is 2.03 bits per heavy atom. The maximum Gasteiger partial charge on any atom is 0.417 e. The Labute approximate surface area is 224 Å². The molecule has 0 fully saturated rings. The van der Waals surface area contributed by atoms with Crippen LogP contribution in [0.3, 0.4) is 0 Å².